The maximum atomic E-state index is 9.07. The largest absolute Gasteiger partial charge is 0.396 e. The van der Waals surface area contributed by atoms with E-state index >= 15 is 0 Å². The van der Waals surface area contributed by atoms with Crippen LogP contribution in [0.3, 0.4) is 0 Å². The first-order valence-electron chi connectivity index (χ1n) is 6.44. The van der Waals surface area contributed by atoms with Crippen molar-refractivity contribution in [3.63, 3.8) is 0 Å². The molecule has 18 heavy (non-hydrogen) atoms. The van der Waals surface area contributed by atoms with E-state index in [2.05, 4.69) is 36.3 Å². The Kier molecular flexibility index (Phi) is 4.15. The van der Waals surface area contributed by atoms with Gasteiger partial charge in [0.1, 0.15) is 5.82 Å². The zero-order chi connectivity index (χ0) is 13.0. The summed E-state index contributed by atoms with van der Waals surface area (Å²) in [6.45, 7) is 4.49. The molecule has 0 radical (unpaired) electrons. The van der Waals surface area contributed by atoms with Crippen molar-refractivity contribution >= 4 is 16.7 Å². The number of fused-ring (bicyclic) bond motifs is 1. The van der Waals surface area contributed by atoms with Crippen LogP contribution in [0.4, 0.5) is 5.82 Å². The van der Waals surface area contributed by atoms with Crippen molar-refractivity contribution in [3.8, 4) is 0 Å². The Morgan fingerprint density at radius 2 is 1.94 bits per heavy atom. The van der Waals surface area contributed by atoms with Gasteiger partial charge in [-0.05, 0) is 30.5 Å². The van der Waals surface area contributed by atoms with Crippen molar-refractivity contribution in [2.75, 3.05) is 11.9 Å². The van der Waals surface area contributed by atoms with Crippen LogP contribution in [0.5, 0.6) is 0 Å². The van der Waals surface area contributed by atoms with Gasteiger partial charge in [-0.1, -0.05) is 32.0 Å². The molecule has 2 aromatic rings. The highest BCUT2D eigenvalue weighted by Crippen LogP contribution is 2.17. The molecule has 1 aromatic heterocycles. The number of aliphatic hydroxyl groups is 1. The first kappa shape index (κ1) is 12.8. The zero-order valence-corrected chi connectivity index (χ0v) is 10.9. The molecule has 0 bridgehead atoms. The summed E-state index contributed by atoms with van der Waals surface area (Å²) in [6.07, 6.45) is 0.742. The summed E-state index contributed by atoms with van der Waals surface area (Å²) in [5.41, 5.74) is 0.994. The number of aliphatic hydroxyl groups excluding tert-OH is 1. The smallest absolute Gasteiger partial charge is 0.126 e. The van der Waals surface area contributed by atoms with Gasteiger partial charge < -0.3 is 10.4 Å². The monoisotopic (exact) mass is 244 g/mol. The zero-order valence-electron chi connectivity index (χ0n) is 10.9. The molecule has 1 heterocycles. The van der Waals surface area contributed by atoms with Gasteiger partial charge in [-0.2, -0.15) is 0 Å². The predicted octanol–water partition coefficient (Wildman–Crippen LogP) is 3.05. The number of pyridine rings is 1. The third kappa shape index (κ3) is 2.99. The Morgan fingerprint density at radius 3 is 2.67 bits per heavy atom. The Balaban J connectivity index is 2.20. The molecule has 0 aliphatic heterocycles. The van der Waals surface area contributed by atoms with E-state index in [0.717, 1.165) is 23.1 Å². The fourth-order valence-electron chi connectivity index (χ4n) is 2.05. The van der Waals surface area contributed by atoms with Crippen LogP contribution in [-0.2, 0) is 0 Å². The summed E-state index contributed by atoms with van der Waals surface area (Å²) in [5.74, 6) is 1.34. The van der Waals surface area contributed by atoms with Crippen LogP contribution in [0.15, 0.2) is 36.4 Å². The number of nitrogens with zero attached hydrogens (tertiary/aromatic N) is 1. The van der Waals surface area contributed by atoms with Crippen molar-refractivity contribution in [2.24, 2.45) is 5.92 Å². The van der Waals surface area contributed by atoms with Crippen molar-refractivity contribution < 1.29 is 5.11 Å². The van der Waals surface area contributed by atoms with Crippen LogP contribution in [0.25, 0.3) is 10.9 Å². The minimum Gasteiger partial charge on any atom is -0.396 e. The van der Waals surface area contributed by atoms with Crippen molar-refractivity contribution in [2.45, 2.75) is 26.3 Å². The van der Waals surface area contributed by atoms with Crippen molar-refractivity contribution in [1.29, 1.82) is 0 Å². The Hall–Kier alpha value is -1.61. The molecule has 1 aromatic carbocycles. The number of benzene rings is 1. The molecule has 0 saturated heterocycles. The lowest BCUT2D eigenvalue weighted by molar-refractivity contribution is 0.267. The summed E-state index contributed by atoms with van der Waals surface area (Å²) in [4.78, 5) is 4.59. The van der Waals surface area contributed by atoms with Gasteiger partial charge in [0.2, 0.25) is 0 Å². The lowest BCUT2D eigenvalue weighted by Gasteiger charge is -2.22. The SMILES string of the molecule is CC(C)C(CCO)Nc1ccc2ccccc2n1. The fourth-order valence-corrected chi connectivity index (χ4v) is 2.05. The Morgan fingerprint density at radius 1 is 1.17 bits per heavy atom. The molecule has 0 spiro atoms. The highest BCUT2D eigenvalue weighted by molar-refractivity contribution is 5.80. The van der Waals surface area contributed by atoms with Crippen LogP contribution in [0.2, 0.25) is 0 Å². The minimum atomic E-state index is 0.198. The van der Waals surface area contributed by atoms with E-state index in [9.17, 15) is 0 Å². The molecule has 0 aliphatic rings. The van der Waals surface area contributed by atoms with Gasteiger partial charge >= 0.3 is 0 Å². The summed E-state index contributed by atoms with van der Waals surface area (Å²) in [5, 5.41) is 13.6. The molecule has 0 amide bonds. The number of para-hydroxylation sites is 1. The molecule has 3 nitrogen and oxygen atoms in total. The van der Waals surface area contributed by atoms with Gasteiger partial charge in [-0.3, -0.25) is 0 Å². The topological polar surface area (TPSA) is 45.1 Å². The highest BCUT2D eigenvalue weighted by atomic mass is 16.3. The van der Waals surface area contributed by atoms with Crippen molar-refractivity contribution in [3.05, 3.63) is 36.4 Å². The van der Waals surface area contributed by atoms with Gasteiger partial charge in [-0.15, -0.1) is 0 Å². The lowest BCUT2D eigenvalue weighted by atomic mass is 10.0. The number of hydrogen-bond acceptors (Lipinski definition) is 3. The van der Waals surface area contributed by atoms with E-state index < -0.39 is 0 Å². The number of aromatic nitrogens is 1. The van der Waals surface area contributed by atoms with Gasteiger partial charge in [0.15, 0.2) is 0 Å². The number of rotatable bonds is 5. The lowest BCUT2D eigenvalue weighted by Crippen LogP contribution is -2.27. The van der Waals surface area contributed by atoms with Crippen LogP contribution in [-0.4, -0.2) is 22.7 Å². The first-order chi connectivity index (χ1) is 8.70. The maximum absolute atomic E-state index is 9.07. The van der Waals surface area contributed by atoms with Gasteiger partial charge in [0.05, 0.1) is 5.52 Å². The van der Waals surface area contributed by atoms with E-state index in [-0.39, 0.29) is 12.6 Å². The third-order valence-corrected chi connectivity index (χ3v) is 3.18. The molecule has 2 N–H and O–H groups in total. The molecule has 0 aliphatic carbocycles. The molecular weight excluding hydrogens is 224 g/mol. The fraction of sp³-hybridized carbons (Fsp3) is 0.400. The van der Waals surface area contributed by atoms with E-state index in [1.165, 1.54) is 0 Å². The average molecular weight is 244 g/mol. The second kappa shape index (κ2) is 5.83. The quantitative estimate of drug-likeness (QED) is 0.849. The number of anilines is 1. The molecule has 1 unspecified atom stereocenters. The molecule has 3 heteroatoms. The Bertz CT molecular complexity index is 511. The first-order valence-corrected chi connectivity index (χ1v) is 6.44. The van der Waals surface area contributed by atoms with E-state index in [1.54, 1.807) is 0 Å². The second-order valence-electron chi connectivity index (χ2n) is 4.90. The standard InChI is InChI=1S/C15H20N2O/c1-11(2)13(9-10-18)16-15-8-7-12-5-3-4-6-14(12)17-15/h3-8,11,13,18H,9-10H2,1-2H3,(H,16,17). The van der Waals surface area contributed by atoms with Crippen LogP contribution < -0.4 is 5.32 Å². The highest BCUT2D eigenvalue weighted by Gasteiger charge is 2.12. The summed E-state index contributed by atoms with van der Waals surface area (Å²) in [7, 11) is 0. The average Bonchev–Trinajstić information content (AvgIpc) is 2.38. The van der Waals surface area contributed by atoms with E-state index in [4.69, 9.17) is 5.11 Å². The predicted molar refractivity (Wildman–Crippen MR) is 75.7 cm³/mol. The normalized spacial score (nSPS) is 12.9. The third-order valence-electron chi connectivity index (χ3n) is 3.18. The second-order valence-corrected chi connectivity index (χ2v) is 4.90. The molecule has 2 rings (SSSR count). The summed E-state index contributed by atoms with van der Waals surface area (Å²) in [6, 6.07) is 12.4. The van der Waals surface area contributed by atoms with Crippen LogP contribution in [0.1, 0.15) is 20.3 Å². The van der Waals surface area contributed by atoms with Crippen LogP contribution in [0, 0.1) is 5.92 Å². The van der Waals surface area contributed by atoms with E-state index in [1.807, 2.05) is 24.3 Å². The van der Waals surface area contributed by atoms with Crippen molar-refractivity contribution in [1.82, 2.24) is 4.98 Å². The minimum absolute atomic E-state index is 0.198. The van der Waals surface area contributed by atoms with Gasteiger partial charge in [-0.25, -0.2) is 4.98 Å². The summed E-state index contributed by atoms with van der Waals surface area (Å²) >= 11 is 0. The maximum Gasteiger partial charge on any atom is 0.126 e. The Labute approximate surface area is 108 Å². The van der Waals surface area contributed by atoms with Crippen LogP contribution >= 0.6 is 0 Å². The summed E-state index contributed by atoms with van der Waals surface area (Å²) < 4.78 is 0. The molecule has 96 valence electrons. The van der Waals surface area contributed by atoms with Gasteiger partial charge in [0, 0.05) is 18.0 Å². The molecule has 0 saturated carbocycles. The number of hydrogen-bond donors (Lipinski definition) is 2. The van der Waals surface area contributed by atoms with E-state index in [0.29, 0.717) is 5.92 Å². The van der Waals surface area contributed by atoms with Gasteiger partial charge in [0.25, 0.3) is 0 Å². The molecule has 1 atom stereocenters. The molecule has 0 fully saturated rings. The molecular formula is C15H20N2O. The number of nitrogens with one attached hydrogen (secondary N) is 1.